The lowest BCUT2D eigenvalue weighted by atomic mass is 9.40. The minimum Gasteiger partial charge on any atom is -0.457 e. The highest BCUT2D eigenvalue weighted by Gasteiger charge is 2.86. The minimum atomic E-state index is -1.20. The minimum absolute atomic E-state index is 0.105. The van der Waals surface area contributed by atoms with E-state index in [-0.39, 0.29) is 29.1 Å². The monoisotopic (exact) mass is 643 g/mol. The Bertz CT molecular complexity index is 1810. The molecule has 3 saturated heterocycles. The van der Waals surface area contributed by atoms with Gasteiger partial charge in [0.15, 0.2) is 17.5 Å². The van der Waals surface area contributed by atoms with Gasteiger partial charge in [0, 0.05) is 45.8 Å². The number of carbonyl (C=O) groups excluding carboxylic acids is 2. The number of hydrogen-bond acceptors (Lipinski definition) is 7. The maximum atomic E-state index is 14.2. The maximum Gasteiger partial charge on any atom is 0.303 e. The zero-order valence-electron chi connectivity index (χ0n) is 29.0. The second-order valence-electron chi connectivity index (χ2n) is 17.6. The Morgan fingerprint density at radius 1 is 1.02 bits per heavy atom. The number of epoxide rings is 1. The first kappa shape index (κ1) is 30.5. The van der Waals surface area contributed by atoms with Crippen molar-refractivity contribution in [2.75, 3.05) is 0 Å². The van der Waals surface area contributed by atoms with Crippen LogP contribution < -0.4 is 0 Å². The lowest BCUT2D eigenvalue weighted by molar-refractivity contribution is -0.266. The van der Waals surface area contributed by atoms with Gasteiger partial charge in [-0.3, -0.25) is 9.59 Å². The van der Waals surface area contributed by atoms with Crippen LogP contribution in [0.1, 0.15) is 108 Å². The molecular formula is C39H49NO7. The van der Waals surface area contributed by atoms with Gasteiger partial charge in [0.05, 0.1) is 23.2 Å². The zero-order valence-corrected chi connectivity index (χ0v) is 29.0. The number of rotatable bonds is 2. The van der Waals surface area contributed by atoms with E-state index in [0.717, 1.165) is 54.3 Å². The van der Waals surface area contributed by atoms with Crippen LogP contribution in [0.15, 0.2) is 24.3 Å². The number of H-pyrrole nitrogens is 1. The number of aromatic amines is 1. The summed E-state index contributed by atoms with van der Waals surface area (Å²) in [4.78, 5) is 30.4. The van der Waals surface area contributed by atoms with Crippen LogP contribution in [0.25, 0.3) is 10.9 Å². The molecule has 2 aromatic rings. The molecule has 9 rings (SSSR count). The molecule has 2 N–H and O–H groups in total. The highest BCUT2D eigenvalue weighted by atomic mass is 16.7. The first-order valence-corrected chi connectivity index (χ1v) is 17.7. The molecule has 47 heavy (non-hydrogen) atoms. The predicted molar refractivity (Wildman–Crippen MR) is 175 cm³/mol. The number of ether oxygens (including phenoxy) is 4. The predicted octanol–water partition coefficient (Wildman–Crippen LogP) is 5.89. The fourth-order valence-corrected chi connectivity index (χ4v) is 12.7. The van der Waals surface area contributed by atoms with E-state index in [0.29, 0.717) is 12.3 Å². The first-order valence-electron chi connectivity index (χ1n) is 17.7. The normalized spacial score (nSPS) is 46.3. The summed E-state index contributed by atoms with van der Waals surface area (Å²) in [6.45, 7) is 20.5. The zero-order chi connectivity index (χ0) is 33.4. The van der Waals surface area contributed by atoms with Crippen LogP contribution in [0.5, 0.6) is 0 Å². The summed E-state index contributed by atoms with van der Waals surface area (Å²) in [5.41, 5.74) is 2.38. The van der Waals surface area contributed by atoms with Crippen LogP contribution >= 0.6 is 0 Å². The SMILES string of the molecule is C=C(C)C1OC2CC[C@@]3(C)[C@@](O)(CCC4Cc5c([nH]c6ccc7c(c56)C[C@@H]5[C@@H](C7=O)C(C)(C)OC5(C)C)[C@@]43C)[C@]23O[C@H]3[C@@H]1OC(C)=O. The standard InChI is InChI=1S/C39H49NO7/c1-18(2)30-31(44-19(3)41)33-39(46-33)26(45-30)13-14-36(8)37(9)20(12-15-38(36,39)43)16-23-27-22-17-24-28(35(6,7)47-34(24,4)5)29(42)21(22)10-11-25(27)40-32(23)37/h10-11,20,24,26,28,30-31,33,40,43H,1,12-17H2,2-9H3/t20?,24-,26?,28+,30?,31-,33+,36-,37-,38+,39+/m1/s1. The average Bonchev–Trinajstić information content (AvgIpc) is 3.47. The Balaban J connectivity index is 1.16. The maximum absolute atomic E-state index is 14.2. The van der Waals surface area contributed by atoms with Crippen LogP contribution in [-0.2, 0) is 42.0 Å². The molecule has 4 heterocycles. The molecular weight excluding hydrogens is 594 g/mol. The van der Waals surface area contributed by atoms with Crippen LogP contribution in [0, 0.1) is 23.2 Å². The van der Waals surface area contributed by atoms with Crippen LogP contribution in [0.2, 0.25) is 0 Å². The number of carbonyl (C=O) groups is 2. The number of benzene rings is 1. The molecule has 3 aliphatic heterocycles. The van der Waals surface area contributed by atoms with E-state index in [1.54, 1.807) is 0 Å². The molecule has 0 radical (unpaired) electrons. The van der Waals surface area contributed by atoms with Gasteiger partial charge < -0.3 is 29.0 Å². The molecule has 8 nitrogen and oxygen atoms in total. The number of ketones is 1. The third-order valence-corrected chi connectivity index (χ3v) is 14.8. The molecule has 8 heteroatoms. The van der Waals surface area contributed by atoms with Gasteiger partial charge in [0.2, 0.25) is 0 Å². The van der Waals surface area contributed by atoms with E-state index in [1.807, 2.05) is 13.0 Å². The van der Waals surface area contributed by atoms with E-state index < -0.39 is 52.1 Å². The summed E-state index contributed by atoms with van der Waals surface area (Å²) in [6.07, 6.45) is 2.79. The van der Waals surface area contributed by atoms with E-state index in [9.17, 15) is 14.7 Å². The van der Waals surface area contributed by atoms with Gasteiger partial charge in [-0.05, 0) is 108 Å². The highest BCUT2D eigenvalue weighted by molar-refractivity contribution is 6.06. The molecule has 252 valence electrons. The summed E-state index contributed by atoms with van der Waals surface area (Å²) in [5.74, 6) is 0.0796. The van der Waals surface area contributed by atoms with Gasteiger partial charge in [0.25, 0.3) is 0 Å². The molecule has 7 aliphatic rings. The second kappa shape index (κ2) is 8.79. The van der Waals surface area contributed by atoms with Crippen molar-refractivity contribution in [1.29, 1.82) is 0 Å². The lowest BCUT2D eigenvalue weighted by Gasteiger charge is -2.66. The number of hydrogen-bond donors (Lipinski definition) is 2. The fraction of sp³-hybridized carbons (Fsp3) is 0.692. The third kappa shape index (κ3) is 3.30. The van der Waals surface area contributed by atoms with Crippen molar-refractivity contribution in [2.24, 2.45) is 23.2 Å². The van der Waals surface area contributed by atoms with Crippen molar-refractivity contribution in [3.63, 3.8) is 0 Å². The summed E-state index contributed by atoms with van der Waals surface area (Å²) in [7, 11) is 0. The van der Waals surface area contributed by atoms with Gasteiger partial charge in [-0.25, -0.2) is 0 Å². The van der Waals surface area contributed by atoms with Crippen LogP contribution in [0.3, 0.4) is 0 Å². The van der Waals surface area contributed by atoms with E-state index >= 15 is 0 Å². The van der Waals surface area contributed by atoms with Crippen LogP contribution in [0.4, 0.5) is 0 Å². The molecule has 2 saturated carbocycles. The quantitative estimate of drug-likeness (QED) is 0.239. The summed E-state index contributed by atoms with van der Waals surface area (Å²) >= 11 is 0. The number of nitrogens with one attached hydrogen (secondary N) is 1. The molecule has 0 bridgehead atoms. The number of fused-ring (bicyclic) bond motifs is 10. The summed E-state index contributed by atoms with van der Waals surface area (Å²) in [6, 6.07) is 4.13. The van der Waals surface area contributed by atoms with Gasteiger partial charge in [-0.1, -0.05) is 20.4 Å². The number of aliphatic hydroxyl groups is 1. The van der Waals surface area contributed by atoms with Crippen LogP contribution in [-0.4, -0.2) is 68.7 Å². The van der Waals surface area contributed by atoms with E-state index in [2.05, 4.69) is 59.2 Å². The van der Waals surface area contributed by atoms with Crippen molar-refractivity contribution >= 4 is 22.7 Å². The smallest absolute Gasteiger partial charge is 0.303 e. The summed E-state index contributed by atoms with van der Waals surface area (Å²) in [5, 5.41) is 14.4. The topological polar surface area (TPSA) is 110 Å². The van der Waals surface area contributed by atoms with Crippen molar-refractivity contribution in [3.05, 3.63) is 46.7 Å². The molecule has 1 aromatic carbocycles. The molecule has 5 fully saturated rings. The molecule has 11 atom stereocenters. The Morgan fingerprint density at radius 3 is 2.47 bits per heavy atom. The van der Waals surface area contributed by atoms with E-state index in [1.165, 1.54) is 23.6 Å². The fourth-order valence-electron chi connectivity index (χ4n) is 12.7. The Kier molecular flexibility index (Phi) is 5.71. The molecule has 3 unspecified atom stereocenters. The van der Waals surface area contributed by atoms with Gasteiger partial charge in [-0.2, -0.15) is 0 Å². The van der Waals surface area contributed by atoms with Crippen molar-refractivity contribution in [1.82, 2.24) is 4.98 Å². The van der Waals surface area contributed by atoms with Gasteiger partial charge in [-0.15, -0.1) is 0 Å². The Hall–Kier alpha value is -2.52. The largest absolute Gasteiger partial charge is 0.457 e. The Labute approximate surface area is 276 Å². The lowest BCUT2D eigenvalue weighted by Crippen LogP contribution is -2.76. The molecule has 0 amide bonds. The van der Waals surface area contributed by atoms with Crippen molar-refractivity contribution in [2.45, 2.75) is 146 Å². The number of aromatic nitrogens is 1. The third-order valence-electron chi connectivity index (χ3n) is 14.8. The summed E-state index contributed by atoms with van der Waals surface area (Å²) < 4.78 is 25.7. The van der Waals surface area contributed by atoms with E-state index in [4.69, 9.17) is 18.9 Å². The molecule has 1 spiro atoms. The van der Waals surface area contributed by atoms with Gasteiger partial charge >= 0.3 is 5.97 Å². The van der Waals surface area contributed by atoms with Gasteiger partial charge in [0.1, 0.15) is 17.8 Å². The molecule has 1 aromatic heterocycles. The highest BCUT2D eigenvalue weighted by Crippen LogP contribution is 2.75. The first-order chi connectivity index (χ1) is 21.9. The average molecular weight is 644 g/mol. The molecule has 4 aliphatic carbocycles. The van der Waals surface area contributed by atoms with Crippen molar-refractivity contribution in [3.8, 4) is 0 Å². The second-order valence-corrected chi connectivity index (χ2v) is 17.6. The number of Topliss-reactive ketones (excluding diaryl/α,β-unsaturated/α-hetero) is 1. The number of esters is 1. The Morgan fingerprint density at radius 2 is 1.77 bits per heavy atom. The van der Waals surface area contributed by atoms with Crippen molar-refractivity contribution < 1.29 is 33.6 Å².